The molecule has 1 aliphatic heterocycles. The van der Waals surface area contributed by atoms with Crippen LogP contribution in [0.2, 0.25) is 0 Å². The maximum absolute atomic E-state index is 13.8. The normalized spacial score (nSPS) is 17.1. The first-order valence-electron chi connectivity index (χ1n) is 5.72. The van der Waals surface area contributed by atoms with Crippen LogP contribution in [0, 0.1) is 5.82 Å². The molecule has 0 unspecified atom stereocenters. The van der Waals surface area contributed by atoms with E-state index in [1.807, 2.05) is 0 Å². The summed E-state index contributed by atoms with van der Waals surface area (Å²) >= 11 is 1.47. The Balaban J connectivity index is 2.21. The number of halogens is 1. The molecule has 2 nitrogen and oxygen atoms in total. The molecule has 92 valence electrons. The predicted octanol–water partition coefficient (Wildman–Crippen LogP) is 3.30. The highest BCUT2D eigenvalue weighted by Crippen LogP contribution is 2.34. The van der Waals surface area contributed by atoms with Crippen LogP contribution in [0.5, 0.6) is 0 Å². The van der Waals surface area contributed by atoms with Crippen molar-refractivity contribution in [1.29, 1.82) is 0 Å². The number of ether oxygens (including phenoxy) is 1. The summed E-state index contributed by atoms with van der Waals surface area (Å²) in [4.78, 5) is 11.9. The van der Waals surface area contributed by atoms with Gasteiger partial charge in [0, 0.05) is 24.0 Å². The van der Waals surface area contributed by atoms with E-state index in [4.69, 9.17) is 4.74 Å². The van der Waals surface area contributed by atoms with Crippen LogP contribution in [-0.4, -0.2) is 24.2 Å². The van der Waals surface area contributed by atoms with E-state index >= 15 is 0 Å². The number of benzene rings is 1. The highest BCUT2D eigenvalue weighted by molar-refractivity contribution is 8.00. The van der Waals surface area contributed by atoms with Crippen LogP contribution in [-0.2, 0) is 4.74 Å². The molecule has 0 aliphatic carbocycles. The summed E-state index contributed by atoms with van der Waals surface area (Å²) in [6.45, 7) is 2.92. The Labute approximate surface area is 105 Å². The lowest BCUT2D eigenvalue weighted by atomic mass is 10.1. The third-order valence-electron chi connectivity index (χ3n) is 2.80. The van der Waals surface area contributed by atoms with E-state index in [9.17, 15) is 9.18 Å². The van der Waals surface area contributed by atoms with Crippen molar-refractivity contribution in [2.24, 2.45) is 0 Å². The largest absolute Gasteiger partial charge is 0.381 e. The van der Waals surface area contributed by atoms with Crippen LogP contribution >= 0.6 is 11.8 Å². The van der Waals surface area contributed by atoms with Crippen LogP contribution in [0.15, 0.2) is 23.1 Å². The lowest BCUT2D eigenvalue weighted by Crippen LogP contribution is -2.18. The second-order valence-electron chi connectivity index (χ2n) is 4.10. The molecule has 17 heavy (non-hydrogen) atoms. The second kappa shape index (κ2) is 5.65. The molecule has 0 atom stereocenters. The fourth-order valence-corrected chi connectivity index (χ4v) is 3.15. The third kappa shape index (κ3) is 3.07. The minimum atomic E-state index is -0.297. The quantitative estimate of drug-likeness (QED) is 0.774. The second-order valence-corrected chi connectivity index (χ2v) is 5.41. The van der Waals surface area contributed by atoms with Crippen LogP contribution in [0.4, 0.5) is 4.39 Å². The lowest BCUT2D eigenvalue weighted by molar-refractivity contribution is 0.0999. The first kappa shape index (κ1) is 12.6. The Kier molecular flexibility index (Phi) is 4.18. The lowest BCUT2D eigenvalue weighted by Gasteiger charge is -2.22. The van der Waals surface area contributed by atoms with Gasteiger partial charge in [0.15, 0.2) is 5.78 Å². The van der Waals surface area contributed by atoms with Gasteiger partial charge in [-0.15, -0.1) is 11.8 Å². The zero-order valence-electron chi connectivity index (χ0n) is 9.74. The summed E-state index contributed by atoms with van der Waals surface area (Å²) in [5.41, 5.74) is 0.487. The predicted molar refractivity (Wildman–Crippen MR) is 66.1 cm³/mol. The summed E-state index contributed by atoms with van der Waals surface area (Å²) in [6.07, 6.45) is 1.83. The molecule has 2 rings (SSSR count). The maximum atomic E-state index is 13.8. The third-order valence-corrected chi connectivity index (χ3v) is 4.25. The molecule has 0 N–H and O–H groups in total. The zero-order valence-corrected chi connectivity index (χ0v) is 10.6. The molecule has 1 heterocycles. The van der Waals surface area contributed by atoms with Gasteiger partial charge in [0.05, 0.1) is 4.90 Å². The molecule has 1 aromatic carbocycles. The van der Waals surface area contributed by atoms with Crippen LogP contribution in [0.25, 0.3) is 0 Å². The van der Waals surface area contributed by atoms with Crippen molar-refractivity contribution in [2.45, 2.75) is 29.9 Å². The SMILES string of the molecule is CC(=O)c1cccc(F)c1SC1CCOCC1. The molecule has 1 aliphatic rings. The molecule has 0 bridgehead atoms. The average Bonchev–Trinajstić information content (AvgIpc) is 2.33. The van der Waals surface area contributed by atoms with Crippen molar-refractivity contribution < 1.29 is 13.9 Å². The minimum Gasteiger partial charge on any atom is -0.381 e. The van der Waals surface area contributed by atoms with E-state index in [0.717, 1.165) is 26.1 Å². The Bertz CT molecular complexity index is 414. The Hall–Kier alpha value is -0.870. The molecule has 4 heteroatoms. The topological polar surface area (TPSA) is 26.3 Å². The van der Waals surface area contributed by atoms with Gasteiger partial charge in [-0.3, -0.25) is 4.79 Å². The first-order valence-corrected chi connectivity index (χ1v) is 6.60. The molecule has 0 aromatic heterocycles. The Morgan fingerprint density at radius 3 is 2.76 bits per heavy atom. The van der Waals surface area contributed by atoms with Crippen molar-refractivity contribution >= 4 is 17.5 Å². The van der Waals surface area contributed by atoms with Crippen molar-refractivity contribution in [1.82, 2.24) is 0 Å². The van der Waals surface area contributed by atoms with Gasteiger partial charge >= 0.3 is 0 Å². The van der Waals surface area contributed by atoms with Gasteiger partial charge in [-0.2, -0.15) is 0 Å². The van der Waals surface area contributed by atoms with Gasteiger partial charge in [0.2, 0.25) is 0 Å². The molecular weight excluding hydrogens is 239 g/mol. The number of thioether (sulfide) groups is 1. The fourth-order valence-electron chi connectivity index (χ4n) is 1.87. The molecule has 1 aromatic rings. The van der Waals surface area contributed by atoms with E-state index in [1.54, 1.807) is 12.1 Å². The number of carbonyl (C=O) groups is 1. The van der Waals surface area contributed by atoms with Crippen LogP contribution in [0.1, 0.15) is 30.1 Å². The van der Waals surface area contributed by atoms with Gasteiger partial charge < -0.3 is 4.74 Å². The number of Topliss-reactive ketones (excluding diaryl/α,β-unsaturated/α-hetero) is 1. The van der Waals surface area contributed by atoms with Crippen LogP contribution in [0.3, 0.4) is 0 Å². The highest BCUT2D eigenvalue weighted by atomic mass is 32.2. The van der Waals surface area contributed by atoms with Crippen LogP contribution < -0.4 is 0 Å². The van der Waals surface area contributed by atoms with Gasteiger partial charge in [0.25, 0.3) is 0 Å². The van der Waals surface area contributed by atoms with E-state index < -0.39 is 0 Å². The molecule has 1 saturated heterocycles. The summed E-state index contributed by atoms with van der Waals surface area (Å²) in [7, 11) is 0. The zero-order chi connectivity index (χ0) is 12.3. The highest BCUT2D eigenvalue weighted by Gasteiger charge is 2.20. The standard InChI is InChI=1S/C13H15FO2S/c1-9(15)11-3-2-4-12(14)13(11)17-10-5-7-16-8-6-10/h2-4,10H,5-8H2,1H3. The minimum absolute atomic E-state index is 0.0842. The average molecular weight is 254 g/mol. The summed E-state index contributed by atoms with van der Waals surface area (Å²) < 4.78 is 19.0. The van der Waals surface area contributed by atoms with E-state index in [2.05, 4.69) is 0 Å². The van der Waals surface area contributed by atoms with E-state index in [-0.39, 0.29) is 11.6 Å². The molecular formula is C13H15FO2S. The number of hydrogen-bond acceptors (Lipinski definition) is 3. The van der Waals surface area contributed by atoms with Crippen molar-refractivity contribution in [3.63, 3.8) is 0 Å². The smallest absolute Gasteiger partial charge is 0.161 e. The van der Waals surface area contributed by atoms with Gasteiger partial charge in [-0.1, -0.05) is 12.1 Å². The molecule has 0 amide bonds. The Morgan fingerprint density at radius 1 is 1.41 bits per heavy atom. The number of hydrogen-bond donors (Lipinski definition) is 0. The summed E-state index contributed by atoms with van der Waals surface area (Å²) in [5, 5.41) is 0.346. The summed E-state index contributed by atoms with van der Waals surface area (Å²) in [6, 6.07) is 4.68. The first-order chi connectivity index (χ1) is 8.18. The van der Waals surface area contributed by atoms with E-state index in [1.165, 1.54) is 24.8 Å². The van der Waals surface area contributed by atoms with E-state index in [0.29, 0.717) is 15.7 Å². The molecule has 0 radical (unpaired) electrons. The molecule has 1 fully saturated rings. The van der Waals surface area contributed by atoms with Crippen molar-refractivity contribution in [3.8, 4) is 0 Å². The van der Waals surface area contributed by atoms with Crippen molar-refractivity contribution in [3.05, 3.63) is 29.6 Å². The summed E-state index contributed by atoms with van der Waals surface area (Å²) in [5.74, 6) is -0.381. The monoisotopic (exact) mass is 254 g/mol. The fraction of sp³-hybridized carbons (Fsp3) is 0.462. The van der Waals surface area contributed by atoms with Crippen molar-refractivity contribution in [2.75, 3.05) is 13.2 Å². The number of ketones is 1. The molecule has 0 saturated carbocycles. The van der Waals surface area contributed by atoms with Gasteiger partial charge in [-0.05, 0) is 25.8 Å². The maximum Gasteiger partial charge on any atom is 0.161 e. The number of carbonyl (C=O) groups excluding carboxylic acids is 1. The molecule has 0 spiro atoms. The van der Waals surface area contributed by atoms with Gasteiger partial charge in [0.1, 0.15) is 5.82 Å². The number of rotatable bonds is 3. The Morgan fingerprint density at radius 2 is 2.12 bits per heavy atom. The van der Waals surface area contributed by atoms with Gasteiger partial charge in [-0.25, -0.2) is 4.39 Å².